The van der Waals surface area contributed by atoms with Crippen molar-refractivity contribution in [3.05, 3.63) is 77.9 Å². The lowest BCUT2D eigenvalue weighted by Gasteiger charge is -2.11. The Labute approximate surface area is 105 Å². The fourth-order valence-corrected chi connectivity index (χ4v) is 1.96. The van der Waals surface area contributed by atoms with Crippen LogP contribution in [-0.4, -0.2) is 0 Å². The molecule has 0 aliphatic carbocycles. The quantitative estimate of drug-likeness (QED) is 0.619. The van der Waals surface area contributed by atoms with Crippen molar-refractivity contribution < 1.29 is 0 Å². The number of rotatable bonds is 4. The van der Waals surface area contributed by atoms with Gasteiger partial charge in [0.05, 0.1) is 0 Å². The Morgan fingerprint density at radius 1 is 1.12 bits per heavy atom. The Kier molecular flexibility index (Phi) is 5.22. The van der Waals surface area contributed by atoms with Gasteiger partial charge >= 0.3 is 0 Å². The predicted octanol–water partition coefficient (Wildman–Crippen LogP) is 5.17. The van der Waals surface area contributed by atoms with Crippen LogP contribution < -0.4 is 0 Å². The minimum Gasteiger partial charge on any atom is -0.0991 e. The van der Waals surface area contributed by atoms with Crippen LogP contribution in [0.3, 0.4) is 0 Å². The second-order valence-corrected chi connectivity index (χ2v) is 4.01. The van der Waals surface area contributed by atoms with E-state index in [9.17, 15) is 0 Å². The van der Waals surface area contributed by atoms with Gasteiger partial charge in [0.1, 0.15) is 0 Å². The van der Waals surface area contributed by atoms with Gasteiger partial charge in [-0.3, -0.25) is 0 Å². The van der Waals surface area contributed by atoms with Crippen LogP contribution in [0.15, 0.2) is 72.4 Å². The Morgan fingerprint density at radius 2 is 1.76 bits per heavy atom. The van der Waals surface area contributed by atoms with Crippen molar-refractivity contribution in [2.75, 3.05) is 0 Å². The van der Waals surface area contributed by atoms with Crippen molar-refractivity contribution in [2.24, 2.45) is 0 Å². The number of allylic oxidation sites excluding steroid dienone is 7. The largest absolute Gasteiger partial charge is 0.0991 e. The summed E-state index contributed by atoms with van der Waals surface area (Å²) in [7, 11) is 0. The molecule has 17 heavy (non-hydrogen) atoms. The molecule has 1 aromatic rings. The molecular weight excluding hydrogens is 204 g/mol. The maximum Gasteiger partial charge on any atom is -0.0126 e. The van der Waals surface area contributed by atoms with E-state index in [0.717, 1.165) is 0 Å². The lowest BCUT2D eigenvalue weighted by atomic mass is 9.94. The molecule has 0 saturated heterocycles. The molecule has 0 radical (unpaired) electrons. The Balaban J connectivity index is 3.36. The van der Waals surface area contributed by atoms with E-state index in [4.69, 9.17) is 0 Å². The van der Waals surface area contributed by atoms with Crippen molar-refractivity contribution in [1.82, 2.24) is 0 Å². The van der Waals surface area contributed by atoms with Gasteiger partial charge in [0, 0.05) is 0 Å². The smallest absolute Gasteiger partial charge is 0.0126 e. The molecule has 88 valence electrons. The first-order valence-corrected chi connectivity index (χ1v) is 5.89. The van der Waals surface area contributed by atoms with Crippen molar-refractivity contribution >= 4 is 5.57 Å². The van der Waals surface area contributed by atoms with Gasteiger partial charge in [-0.1, -0.05) is 61.2 Å². The van der Waals surface area contributed by atoms with Crippen molar-refractivity contribution in [1.29, 1.82) is 0 Å². The van der Waals surface area contributed by atoms with Crippen LogP contribution in [0, 0.1) is 0 Å². The minimum atomic E-state index is 1.24. The molecule has 1 rings (SSSR count). The van der Waals surface area contributed by atoms with Gasteiger partial charge in [-0.2, -0.15) is 0 Å². The van der Waals surface area contributed by atoms with E-state index in [-0.39, 0.29) is 0 Å². The predicted molar refractivity (Wildman–Crippen MR) is 77.8 cm³/mol. The third-order valence-corrected chi connectivity index (χ3v) is 2.64. The van der Waals surface area contributed by atoms with Gasteiger partial charge in [0.2, 0.25) is 0 Å². The molecular formula is C17H20. The lowest BCUT2D eigenvalue weighted by Crippen LogP contribution is -1.90. The highest BCUT2D eigenvalue weighted by molar-refractivity contribution is 5.82. The molecule has 0 spiro atoms. The monoisotopic (exact) mass is 224 g/mol. The third kappa shape index (κ3) is 3.60. The van der Waals surface area contributed by atoms with Gasteiger partial charge in [0.25, 0.3) is 0 Å². The number of hydrogen-bond acceptors (Lipinski definition) is 0. The van der Waals surface area contributed by atoms with Crippen LogP contribution in [0.1, 0.15) is 26.3 Å². The minimum absolute atomic E-state index is 1.24. The summed E-state index contributed by atoms with van der Waals surface area (Å²) in [4.78, 5) is 0. The Hall–Kier alpha value is -1.82. The molecule has 0 nitrogen and oxygen atoms in total. The van der Waals surface area contributed by atoms with E-state index in [1.54, 1.807) is 0 Å². The SMILES string of the molecule is C=CC=C(C)C(=C(C)C=CC)c1ccccc1. The van der Waals surface area contributed by atoms with Gasteiger partial charge < -0.3 is 0 Å². The highest BCUT2D eigenvalue weighted by Gasteiger charge is 2.05. The standard InChI is InChI=1S/C17H20/c1-5-10-14(3)17(15(4)11-6-2)16-12-8-7-9-13-16/h5-13H,1H2,2-4H3. The molecule has 0 unspecified atom stereocenters. The summed E-state index contributed by atoms with van der Waals surface area (Å²) >= 11 is 0. The molecule has 0 saturated carbocycles. The Morgan fingerprint density at radius 3 is 2.29 bits per heavy atom. The van der Waals surface area contributed by atoms with Crippen molar-refractivity contribution in [3.63, 3.8) is 0 Å². The van der Waals surface area contributed by atoms with Crippen molar-refractivity contribution in [2.45, 2.75) is 20.8 Å². The van der Waals surface area contributed by atoms with Crippen LogP contribution in [0.4, 0.5) is 0 Å². The summed E-state index contributed by atoms with van der Waals surface area (Å²) in [5, 5.41) is 0. The molecule has 0 atom stereocenters. The summed E-state index contributed by atoms with van der Waals surface area (Å²) in [5.74, 6) is 0. The molecule has 0 aliphatic heterocycles. The molecule has 1 aromatic carbocycles. The van der Waals surface area contributed by atoms with Gasteiger partial charge in [0.15, 0.2) is 0 Å². The third-order valence-electron chi connectivity index (χ3n) is 2.64. The van der Waals surface area contributed by atoms with Gasteiger partial charge in [-0.05, 0) is 43.1 Å². The topological polar surface area (TPSA) is 0 Å². The van der Waals surface area contributed by atoms with E-state index >= 15 is 0 Å². The molecule has 0 bridgehead atoms. The molecule has 0 N–H and O–H groups in total. The molecule has 0 fully saturated rings. The van der Waals surface area contributed by atoms with Gasteiger partial charge in [-0.25, -0.2) is 0 Å². The highest BCUT2D eigenvalue weighted by atomic mass is 14.1. The molecule has 0 amide bonds. The van der Waals surface area contributed by atoms with E-state index in [0.29, 0.717) is 0 Å². The maximum atomic E-state index is 3.77. The van der Waals surface area contributed by atoms with Crippen LogP contribution >= 0.6 is 0 Å². The van der Waals surface area contributed by atoms with Crippen molar-refractivity contribution in [3.8, 4) is 0 Å². The summed E-state index contributed by atoms with van der Waals surface area (Å²) in [6.45, 7) is 10.1. The first kappa shape index (κ1) is 13.2. The average Bonchev–Trinajstić information content (AvgIpc) is 2.31. The molecule has 0 aromatic heterocycles. The maximum absolute atomic E-state index is 3.77. The van der Waals surface area contributed by atoms with E-state index < -0.39 is 0 Å². The highest BCUT2D eigenvalue weighted by Crippen LogP contribution is 2.27. The second-order valence-electron chi connectivity index (χ2n) is 4.01. The zero-order valence-corrected chi connectivity index (χ0v) is 10.9. The van der Waals surface area contributed by atoms with E-state index in [1.165, 1.54) is 22.3 Å². The molecule has 0 heterocycles. The fourth-order valence-electron chi connectivity index (χ4n) is 1.96. The zero-order chi connectivity index (χ0) is 12.7. The summed E-state index contributed by atoms with van der Waals surface area (Å²) in [6, 6.07) is 10.5. The van der Waals surface area contributed by atoms with Crippen LogP contribution in [-0.2, 0) is 0 Å². The van der Waals surface area contributed by atoms with E-state index in [2.05, 4.69) is 62.9 Å². The van der Waals surface area contributed by atoms with Crippen LogP contribution in [0.2, 0.25) is 0 Å². The van der Waals surface area contributed by atoms with Crippen LogP contribution in [0.5, 0.6) is 0 Å². The first-order chi connectivity index (χ1) is 8.20. The van der Waals surface area contributed by atoms with E-state index in [1.807, 2.05) is 19.1 Å². The Bertz CT molecular complexity index is 456. The lowest BCUT2D eigenvalue weighted by molar-refractivity contribution is 1.42. The average molecular weight is 224 g/mol. The first-order valence-electron chi connectivity index (χ1n) is 5.89. The number of benzene rings is 1. The zero-order valence-electron chi connectivity index (χ0n) is 10.9. The summed E-state index contributed by atoms with van der Waals surface area (Å²) < 4.78 is 0. The second kappa shape index (κ2) is 6.70. The summed E-state index contributed by atoms with van der Waals surface area (Å²) in [5.41, 5.74) is 5.04. The van der Waals surface area contributed by atoms with Crippen LogP contribution in [0.25, 0.3) is 5.57 Å². The molecule has 0 heteroatoms. The van der Waals surface area contributed by atoms with Gasteiger partial charge in [-0.15, -0.1) is 0 Å². The summed E-state index contributed by atoms with van der Waals surface area (Å²) in [6.07, 6.45) is 8.10. The normalized spacial score (nSPS) is 13.7. The fraction of sp³-hybridized carbons (Fsp3) is 0.176. The molecule has 0 aliphatic rings. The number of hydrogen-bond donors (Lipinski definition) is 0.